The molecule has 164 valence electrons. The van der Waals surface area contributed by atoms with Crippen molar-refractivity contribution < 1.29 is 23.5 Å². The lowest BCUT2D eigenvalue weighted by Gasteiger charge is -2.38. The summed E-state index contributed by atoms with van der Waals surface area (Å²) in [7, 11) is -2.06. The quantitative estimate of drug-likeness (QED) is 0.473. The third kappa shape index (κ3) is 6.21. The second-order valence-electron chi connectivity index (χ2n) is 11.6. The second kappa shape index (κ2) is 7.63. The van der Waals surface area contributed by atoms with Gasteiger partial charge in [0.2, 0.25) is 0 Å². The highest BCUT2D eigenvalue weighted by Crippen LogP contribution is 2.41. The van der Waals surface area contributed by atoms with Crippen molar-refractivity contribution in [3.05, 3.63) is 0 Å². The number of rotatable bonds is 3. The van der Waals surface area contributed by atoms with E-state index < -0.39 is 37.1 Å². The van der Waals surface area contributed by atoms with E-state index in [-0.39, 0.29) is 11.1 Å². The van der Waals surface area contributed by atoms with Crippen LogP contribution in [0.15, 0.2) is 0 Å². The summed E-state index contributed by atoms with van der Waals surface area (Å²) in [5.74, 6) is -0.424. The van der Waals surface area contributed by atoms with Gasteiger partial charge in [0.05, 0.1) is 12.6 Å². The number of ether oxygens (including phenoxy) is 2. The van der Waals surface area contributed by atoms with Gasteiger partial charge in [-0.3, -0.25) is 4.90 Å². The highest BCUT2D eigenvalue weighted by molar-refractivity contribution is 6.74. The summed E-state index contributed by atoms with van der Waals surface area (Å²) in [6.07, 6.45) is -0.346. The molecule has 6 nitrogen and oxygen atoms in total. The summed E-state index contributed by atoms with van der Waals surface area (Å²) < 4.78 is 17.8. The minimum Gasteiger partial charge on any atom is -0.458 e. The maximum atomic E-state index is 13.1. The molecule has 0 N–H and O–H groups in total. The van der Waals surface area contributed by atoms with E-state index in [0.717, 1.165) is 0 Å². The topological polar surface area (TPSA) is 65.1 Å². The van der Waals surface area contributed by atoms with Crippen LogP contribution in [0.5, 0.6) is 0 Å². The zero-order chi connectivity index (χ0) is 22.3. The van der Waals surface area contributed by atoms with Gasteiger partial charge >= 0.3 is 12.1 Å². The van der Waals surface area contributed by atoms with Gasteiger partial charge in [0.1, 0.15) is 16.7 Å². The van der Waals surface area contributed by atoms with Crippen LogP contribution in [-0.4, -0.2) is 54.7 Å². The third-order valence-corrected chi connectivity index (χ3v) is 9.86. The fourth-order valence-corrected chi connectivity index (χ4v) is 4.21. The lowest BCUT2D eigenvalue weighted by molar-refractivity contribution is -0.166. The minimum atomic E-state index is -2.06. The molecule has 1 fully saturated rings. The van der Waals surface area contributed by atoms with Crippen LogP contribution in [-0.2, 0) is 18.7 Å². The van der Waals surface area contributed by atoms with Gasteiger partial charge in [-0.05, 0) is 66.6 Å². The number of hydrogen-bond donors (Lipinski definition) is 0. The first-order chi connectivity index (χ1) is 12.2. The van der Waals surface area contributed by atoms with E-state index in [9.17, 15) is 9.59 Å². The van der Waals surface area contributed by atoms with Crippen LogP contribution in [0.2, 0.25) is 18.1 Å². The molecule has 2 unspecified atom stereocenters. The Morgan fingerprint density at radius 2 is 1.39 bits per heavy atom. The summed E-state index contributed by atoms with van der Waals surface area (Å²) >= 11 is 0. The standard InChI is InChI=1S/C21H41NO5Si/c1-18(2,3)25-16(23)21(10)13-15(27-28(11,12)20(7,8)9)14-22(21)17(24)26-19(4,5)6/h15H,13-14H2,1-12H3. The smallest absolute Gasteiger partial charge is 0.411 e. The molecule has 0 aromatic rings. The van der Waals surface area contributed by atoms with E-state index >= 15 is 0 Å². The van der Waals surface area contributed by atoms with E-state index in [1.54, 1.807) is 6.92 Å². The lowest BCUT2D eigenvalue weighted by atomic mass is 9.98. The number of hydrogen-bond acceptors (Lipinski definition) is 5. The molecular weight excluding hydrogens is 374 g/mol. The monoisotopic (exact) mass is 415 g/mol. The molecular formula is C21H41NO5Si. The van der Waals surface area contributed by atoms with Gasteiger partial charge in [-0.25, -0.2) is 9.59 Å². The highest BCUT2D eigenvalue weighted by atomic mass is 28.4. The molecule has 0 aromatic heterocycles. The number of likely N-dealkylation sites (tertiary alicyclic amines) is 1. The minimum absolute atomic E-state index is 0.0364. The Hall–Kier alpha value is -1.08. The average molecular weight is 416 g/mol. The SMILES string of the molecule is CC(C)(C)OC(=O)N1CC(O[Si](C)(C)C(C)(C)C)CC1(C)C(=O)OC(C)(C)C. The molecule has 1 aliphatic heterocycles. The van der Waals surface area contributed by atoms with Crippen molar-refractivity contribution in [3.63, 3.8) is 0 Å². The average Bonchev–Trinajstić information content (AvgIpc) is 2.71. The predicted molar refractivity (Wildman–Crippen MR) is 114 cm³/mol. The molecule has 2 atom stereocenters. The van der Waals surface area contributed by atoms with E-state index in [1.807, 2.05) is 41.5 Å². The molecule has 1 rings (SSSR count). The molecule has 1 heterocycles. The van der Waals surface area contributed by atoms with Crippen molar-refractivity contribution in [2.75, 3.05) is 6.54 Å². The first-order valence-corrected chi connectivity index (χ1v) is 13.0. The maximum Gasteiger partial charge on any atom is 0.411 e. The predicted octanol–water partition coefficient (Wildman–Crippen LogP) is 5.12. The molecule has 0 aliphatic carbocycles. The van der Waals surface area contributed by atoms with Crippen LogP contribution in [0.25, 0.3) is 0 Å². The fraction of sp³-hybridized carbons (Fsp3) is 0.905. The summed E-state index contributed by atoms with van der Waals surface area (Å²) in [4.78, 5) is 27.5. The van der Waals surface area contributed by atoms with Crippen molar-refractivity contribution in [3.8, 4) is 0 Å². The summed E-state index contributed by atoms with van der Waals surface area (Å²) in [6.45, 7) is 23.9. The molecule has 1 saturated heterocycles. The first-order valence-electron chi connectivity index (χ1n) is 10.1. The number of esters is 1. The van der Waals surface area contributed by atoms with Crippen LogP contribution >= 0.6 is 0 Å². The Morgan fingerprint density at radius 1 is 0.929 bits per heavy atom. The number of carbonyl (C=O) groups is 2. The van der Waals surface area contributed by atoms with Gasteiger partial charge in [-0.15, -0.1) is 0 Å². The van der Waals surface area contributed by atoms with Crippen molar-refractivity contribution in [2.45, 2.75) is 117 Å². The van der Waals surface area contributed by atoms with Gasteiger partial charge in [0, 0.05) is 6.42 Å². The Morgan fingerprint density at radius 3 is 1.79 bits per heavy atom. The van der Waals surface area contributed by atoms with Crippen LogP contribution in [0.1, 0.15) is 75.7 Å². The van der Waals surface area contributed by atoms with Gasteiger partial charge in [0.15, 0.2) is 8.32 Å². The number of amides is 1. The normalized spacial score (nSPS) is 24.3. The van der Waals surface area contributed by atoms with E-state index in [2.05, 4.69) is 33.9 Å². The summed E-state index contributed by atoms with van der Waals surface area (Å²) in [5, 5.41) is 0.0364. The summed E-state index contributed by atoms with van der Waals surface area (Å²) in [6, 6.07) is 0. The van der Waals surface area contributed by atoms with E-state index in [0.29, 0.717) is 13.0 Å². The molecule has 7 heteroatoms. The van der Waals surface area contributed by atoms with Crippen molar-refractivity contribution in [2.24, 2.45) is 0 Å². The molecule has 0 bridgehead atoms. The number of nitrogens with zero attached hydrogens (tertiary/aromatic N) is 1. The Kier molecular flexibility index (Phi) is 6.80. The summed E-state index contributed by atoms with van der Waals surface area (Å²) in [5.41, 5.74) is -2.41. The van der Waals surface area contributed by atoms with Gasteiger partial charge in [0.25, 0.3) is 0 Å². The molecule has 0 aromatic carbocycles. The maximum absolute atomic E-state index is 13.1. The van der Waals surface area contributed by atoms with Crippen LogP contribution in [0.3, 0.4) is 0 Å². The Labute approximate surface area is 172 Å². The van der Waals surface area contributed by atoms with Crippen LogP contribution in [0.4, 0.5) is 4.79 Å². The van der Waals surface area contributed by atoms with Crippen LogP contribution < -0.4 is 0 Å². The Balaban J connectivity index is 3.18. The zero-order valence-electron chi connectivity index (χ0n) is 20.0. The molecule has 28 heavy (non-hydrogen) atoms. The first kappa shape index (κ1) is 25.0. The second-order valence-corrected chi connectivity index (χ2v) is 16.3. The molecule has 0 spiro atoms. The highest BCUT2D eigenvalue weighted by Gasteiger charge is 2.55. The Bertz CT molecular complexity index is 597. The fourth-order valence-electron chi connectivity index (χ4n) is 2.87. The van der Waals surface area contributed by atoms with Crippen molar-refractivity contribution in [1.29, 1.82) is 0 Å². The third-order valence-electron chi connectivity index (χ3n) is 5.33. The zero-order valence-corrected chi connectivity index (χ0v) is 21.0. The molecule has 1 amide bonds. The lowest BCUT2D eigenvalue weighted by Crippen LogP contribution is -2.54. The van der Waals surface area contributed by atoms with Gasteiger partial charge in [-0.2, -0.15) is 0 Å². The largest absolute Gasteiger partial charge is 0.458 e. The number of carbonyl (C=O) groups excluding carboxylic acids is 2. The van der Waals surface area contributed by atoms with Crippen molar-refractivity contribution >= 4 is 20.4 Å². The van der Waals surface area contributed by atoms with Crippen LogP contribution in [0, 0.1) is 0 Å². The van der Waals surface area contributed by atoms with E-state index in [1.165, 1.54) is 4.90 Å². The molecule has 1 aliphatic rings. The van der Waals surface area contributed by atoms with E-state index in [4.69, 9.17) is 13.9 Å². The van der Waals surface area contributed by atoms with Crippen molar-refractivity contribution in [1.82, 2.24) is 4.90 Å². The van der Waals surface area contributed by atoms with Gasteiger partial charge in [-0.1, -0.05) is 20.8 Å². The molecule has 0 radical (unpaired) electrons. The molecule has 0 saturated carbocycles. The van der Waals surface area contributed by atoms with Gasteiger partial charge < -0.3 is 13.9 Å².